The number of carboxylic acids is 1. The van der Waals surface area contributed by atoms with Crippen molar-refractivity contribution in [2.45, 2.75) is 44.3 Å². The van der Waals surface area contributed by atoms with Crippen LogP contribution in [0.3, 0.4) is 0 Å². The van der Waals surface area contributed by atoms with Crippen LogP contribution in [0, 0.1) is 11.8 Å². The number of carbonyl (C=O) groups is 2. The fraction of sp³-hybridized carbons (Fsp3) is 0.846. The standard InChI is InChI=1S/C13H19F3N2O3/c1-12(10(19)20,8-2-3-8)17-11(21)18-6-4-9(5-7-18)13(14,15)16/h8-9H,2-7H2,1H3,(H,17,21)(H,19,20). The van der Waals surface area contributed by atoms with E-state index in [1.807, 2.05) is 0 Å². The van der Waals surface area contributed by atoms with Crippen molar-refractivity contribution in [3.63, 3.8) is 0 Å². The molecule has 1 heterocycles. The van der Waals surface area contributed by atoms with E-state index in [1.165, 1.54) is 11.8 Å². The van der Waals surface area contributed by atoms with Gasteiger partial charge in [0.05, 0.1) is 5.92 Å². The summed E-state index contributed by atoms with van der Waals surface area (Å²) in [6.45, 7) is 1.44. The molecule has 120 valence electrons. The van der Waals surface area contributed by atoms with Crippen LogP contribution in [0.1, 0.15) is 32.6 Å². The van der Waals surface area contributed by atoms with Gasteiger partial charge in [-0.25, -0.2) is 9.59 Å². The lowest BCUT2D eigenvalue weighted by atomic mass is 9.95. The van der Waals surface area contributed by atoms with E-state index in [2.05, 4.69) is 5.32 Å². The highest BCUT2D eigenvalue weighted by atomic mass is 19.4. The lowest BCUT2D eigenvalue weighted by Gasteiger charge is -2.35. The number of amides is 2. The molecule has 0 bridgehead atoms. The third-order valence-corrected chi connectivity index (χ3v) is 4.45. The Morgan fingerprint density at radius 3 is 2.00 bits per heavy atom. The van der Waals surface area contributed by atoms with Crippen LogP contribution in [-0.4, -0.2) is 46.8 Å². The number of carboxylic acid groups (broad SMARTS) is 1. The van der Waals surface area contributed by atoms with Crippen LogP contribution in [-0.2, 0) is 4.79 Å². The molecule has 2 rings (SSSR count). The molecule has 0 spiro atoms. The Kier molecular flexibility index (Phi) is 4.08. The Bertz CT molecular complexity index is 429. The number of nitrogens with one attached hydrogen (secondary N) is 1. The van der Waals surface area contributed by atoms with E-state index < -0.39 is 29.6 Å². The SMILES string of the molecule is CC(NC(=O)N1CCC(C(F)(F)F)CC1)(C(=O)O)C1CC1. The molecule has 0 aromatic carbocycles. The van der Waals surface area contributed by atoms with Crippen molar-refractivity contribution in [1.82, 2.24) is 10.2 Å². The second kappa shape index (κ2) is 5.38. The van der Waals surface area contributed by atoms with Gasteiger partial charge in [-0.05, 0) is 38.5 Å². The fourth-order valence-electron chi connectivity index (χ4n) is 2.70. The molecule has 1 unspecified atom stereocenters. The quantitative estimate of drug-likeness (QED) is 0.840. The average molecular weight is 308 g/mol. The smallest absolute Gasteiger partial charge is 0.391 e. The van der Waals surface area contributed by atoms with Gasteiger partial charge in [0.25, 0.3) is 0 Å². The summed E-state index contributed by atoms with van der Waals surface area (Å²) in [5.74, 6) is -2.59. The highest BCUT2D eigenvalue weighted by Crippen LogP contribution is 2.40. The van der Waals surface area contributed by atoms with Crippen molar-refractivity contribution < 1.29 is 27.9 Å². The summed E-state index contributed by atoms with van der Waals surface area (Å²) in [6, 6.07) is -0.590. The van der Waals surface area contributed by atoms with Crippen molar-refractivity contribution >= 4 is 12.0 Å². The summed E-state index contributed by atoms with van der Waals surface area (Å²) in [6.07, 6.45) is -3.03. The van der Waals surface area contributed by atoms with Crippen molar-refractivity contribution in [3.05, 3.63) is 0 Å². The number of aliphatic carboxylic acids is 1. The van der Waals surface area contributed by atoms with E-state index in [0.717, 1.165) is 12.8 Å². The maximum absolute atomic E-state index is 12.6. The maximum atomic E-state index is 12.6. The summed E-state index contributed by atoms with van der Waals surface area (Å²) in [4.78, 5) is 24.7. The van der Waals surface area contributed by atoms with Gasteiger partial charge in [0.15, 0.2) is 0 Å². The number of likely N-dealkylation sites (tertiary alicyclic amines) is 1. The minimum atomic E-state index is -4.23. The summed E-state index contributed by atoms with van der Waals surface area (Å²) in [7, 11) is 0. The number of piperidine rings is 1. The van der Waals surface area contributed by atoms with Crippen molar-refractivity contribution in [2.75, 3.05) is 13.1 Å². The molecular formula is C13H19F3N2O3. The molecule has 21 heavy (non-hydrogen) atoms. The zero-order valence-corrected chi connectivity index (χ0v) is 11.7. The van der Waals surface area contributed by atoms with Gasteiger partial charge in [-0.1, -0.05) is 0 Å². The normalized spacial score (nSPS) is 23.5. The monoisotopic (exact) mass is 308 g/mol. The molecule has 1 atom stereocenters. The molecule has 0 aromatic rings. The van der Waals surface area contributed by atoms with Crippen LogP contribution in [0.5, 0.6) is 0 Å². The predicted molar refractivity (Wildman–Crippen MR) is 67.6 cm³/mol. The molecule has 0 aromatic heterocycles. The molecule has 2 aliphatic rings. The fourth-order valence-corrected chi connectivity index (χ4v) is 2.70. The lowest BCUT2D eigenvalue weighted by molar-refractivity contribution is -0.183. The third kappa shape index (κ3) is 3.41. The molecule has 1 aliphatic carbocycles. The van der Waals surface area contributed by atoms with E-state index >= 15 is 0 Å². The Balaban J connectivity index is 1.92. The summed E-state index contributed by atoms with van der Waals surface area (Å²) in [5.41, 5.74) is -1.34. The average Bonchev–Trinajstić information content (AvgIpc) is 3.22. The van der Waals surface area contributed by atoms with Crippen LogP contribution in [0.2, 0.25) is 0 Å². The first-order valence-corrected chi connectivity index (χ1v) is 7.02. The van der Waals surface area contributed by atoms with Crippen molar-refractivity contribution in [3.8, 4) is 0 Å². The van der Waals surface area contributed by atoms with E-state index in [4.69, 9.17) is 0 Å². The number of hydrogen-bond acceptors (Lipinski definition) is 2. The zero-order valence-electron chi connectivity index (χ0n) is 11.7. The summed E-state index contributed by atoms with van der Waals surface area (Å²) >= 11 is 0. The molecule has 5 nitrogen and oxygen atoms in total. The number of hydrogen-bond donors (Lipinski definition) is 2. The molecule has 1 saturated heterocycles. The molecule has 1 saturated carbocycles. The molecular weight excluding hydrogens is 289 g/mol. The van der Waals surface area contributed by atoms with Gasteiger partial charge in [-0.3, -0.25) is 0 Å². The predicted octanol–water partition coefficient (Wildman–Crippen LogP) is 2.22. The first-order valence-electron chi connectivity index (χ1n) is 7.02. The molecule has 1 aliphatic heterocycles. The van der Waals surface area contributed by atoms with E-state index in [9.17, 15) is 27.9 Å². The third-order valence-electron chi connectivity index (χ3n) is 4.45. The molecule has 8 heteroatoms. The first-order chi connectivity index (χ1) is 9.64. The molecule has 2 amide bonds. The van der Waals surface area contributed by atoms with Crippen LogP contribution in [0.4, 0.5) is 18.0 Å². The number of rotatable bonds is 3. The van der Waals surface area contributed by atoms with Crippen LogP contribution >= 0.6 is 0 Å². The van der Waals surface area contributed by atoms with Crippen LogP contribution < -0.4 is 5.32 Å². The Hall–Kier alpha value is -1.47. The molecule has 2 fully saturated rings. The summed E-state index contributed by atoms with van der Waals surface area (Å²) in [5, 5.41) is 11.7. The van der Waals surface area contributed by atoms with Gasteiger partial charge < -0.3 is 15.3 Å². The van der Waals surface area contributed by atoms with Crippen LogP contribution in [0.25, 0.3) is 0 Å². The maximum Gasteiger partial charge on any atom is 0.391 e. The topological polar surface area (TPSA) is 69.6 Å². The second-order valence-corrected chi connectivity index (χ2v) is 6.01. The van der Waals surface area contributed by atoms with E-state index in [0.29, 0.717) is 0 Å². The van der Waals surface area contributed by atoms with Gasteiger partial charge in [-0.15, -0.1) is 0 Å². The van der Waals surface area contributed by atoms with Crippen molar-refractivity contribution in [2.24, 2.45) is 11.8 Å². The van der Waals surface area contributed by atoms with Crippen molar-refractivity contribution in [1.29, 1.82) is 0 Å². The van der Waals surface area contributed by atoms with Gasteiger partial charge in [0.2, 0.25) is 0 Å². The molecule has 0 radical (unpaired) electrons. The summed E-state index contributed by atoms with van der Waals surface area (Å²) < 4.78 is 37.7. The van der Waals surface area contributed by atoms with E-state index in [1.54, 1.807) is 0 Å². The number of halogens is 3. The van der Waals surface area contributed by atoms with Gasteiger partial charge in [0, 0.05) is 13.1 Å². The highest BCUT2D eigenvalue weighted by molar-refractivity contribution is 5.86. The number of alkyl halides is 3. The Morgan fingerprint density at radius 1 is 1.10 bits per heavy atom. The van der Waals surface area contributed by atoms with Gasteiger partial charge in [-0.2, -0.15) is 13.2 Å². The van der Waals surface area contributed by atoms with Gasteiger partial charge >= 0.3 is 18.2 Å². The van der Waals surface area contributed by atoms with Crippen LogP contribution in [0.15, 0.2) is 0 Å². The molecule has 2 N–H and O–H groups in total. The van der Waals surface area contributed by atoms with E-state index in [-0.39, 0.29) is 31.8 Å². The highest BCUT2D eigenvalue weighted by Gasteiger charge is 2.49. The largest absolute Gasteiger partial charge is 0.480 e. The zero-order chi connectivity index (χ0) is 15.8. The number of urea groups is 1. The number of carbonyl (C=O) groups excluding carboxylic acids is 1. The Morgan fingerprint density at radius 2 is 1.62 bits per heavy atom. The minimum absolute atomic E-state index is 0.00360. The Labute approximate surface area is 120 Å². The minimum Gasteiger partial charge on any atom is -0.480 e. The lowest BCUT2D eigenvalue weighted by Crippen LogP contribution is -2.58. The van der Waals surface area contributed by atoms with Gasteiger partial charge in [0.1, 0.15) is 5.54 Å². The number of nitrogens with zero attached hydrogens (tertiary/aromatic N) is 1. The second-order valence-electron chi connectivity index (χ2n) is 6.01. The first kappa shape index (κ1) is 15.9.